The first-order chi connectivity index (χ1) is 6.43. The molecule has 0 unspecified atom stereocenters. The molecule has 0 radical (unpaired) electrons. The van der Waals surface area contributed by atoms with Crippen LogP contribution < -0.4 is 10.3 Å². The number of rotatable bonds is 6. The van der Waals surface area contributed by atoms with Gasteiger partial charge in [-0.3, -0.25) is 0 Å². The third-order valence-corrected chi connectivity index (χ3v) is 1.49. The quantitative estimate of drug-likeness (QED) is 0.534. The summed E-state index contributed by atoms with van der Waals surface area (Å²) in [6.45, 7) is 4.08. The fraction of sp³-hybridized carbons (Fsp3) is 0.400. The lowest BCUT2D eigenvalue weighted by Crippen LogP contribution is -2.23. The molecule has 0 atom stereocenters. The molecular formula is C10H15NO2. The molecule has 3 heteroatoms. The predicted octanol–water partition coefficient (Wildman–Crippen LogP) is 1.61. The van der Waals surface area contributed by atoms with Gasteiger partial charge in [-0.15, -0.1) is 0 Å². The van der Waals surface area contributed by atoms with Gasteiger partial charge in [0.2, 0.25) is 0 Å². The van der Waals surface area contributed by atoms with Crippen LogP contribution in [0.1, 0.15) is 6.92 Å². The zero-order valence-corrected chi connectivity index (χ0v) is 7.82. The number of hydrogen-bond donors (Lipinski definition) is 1. The van der Waals surface area contributed by atoms with Crippen LogP contribution in [0, 0.1) is 0 Å². The summed E-state index contributed by atoms with van der Waals surface area (Å²) < 4.78 is 5.13. The van der Waals surface area contributed by atoms with Crippen molar-refractivity contribution in [2.75, 3.05) is 19.8 Å². The number of para-hydroxylation sites is 1. The Kier molecular flexibility index (Phi) is 4.98. The maximum absolute atomic E-state index is 5.22. The normalized spacial score (nSPS) is 9.92. The van der Waals surface area contributed by atoms with Crippen molar-refractivity contribution in [2.45, 2.75) is 6.92 Å². The van der Waals surface area contributed by atoms with Crippen LogP contribution in [0.2, 0.25) is 0 Å². The summed E-state index contributed by atoms with van der Waals surface area (Å²) >= 11 is 0. The fourth-order valence-electron chi connectivity index (χ4n) is 0.881. The molecule has 0 aliphatic rings. The van der Waals surface area contributed by atoms with E-state index >= 15 is 0 Å². The molecule has 0 amide bonds. The largest absolute Gasteiger partial charge is 0.409 e. The summed E-state index contributed by atoms with van der Waals surface area (Å²) in [6, 6.07) is 9.60. The van der Waals surface area contributed by atoms with Crippen molar-refractivity contribution >= 4 is 0 Å². The van der Waals surface area contributed by atoms with Gasteiger partial charge in [0.15, 0.2) is 0 Å². The molecule has 3 nitrogen and oxygen atoms in total. The summed E-state index contributed by atoms with van der Waals surface area (Å²) in [5.74, 6) is 0.819. The van der Waals surface area contributed by atoms with E-state index in [4.69, 9.17) is 9.57 Å². The fourth-order valence-corrected chi connectivity index (χ4v) is 0.881. The lowest BCUT2D eigenvalue weighted by molar-refractivity contribution is 0.110. The summed E-state index contributed by atoms with van der Waals surface area (Å²) in [7, 11) is 0. The van der Waals surface area contributed by atoms with Crippen molar-refractivity contribution in [3.63, 3.8) is 0 Å². The van der Waals surface area contributed by atoms with Gasteiger partial charge in [0.1, 0.15) is 5.75 Å². The molecule has 0 bridgehead atoms. The topological polar surface area (TPSA) is 30.5 Å². The van der Waals surface area contributed by atoms with Crippen LogP contribution in [0.3, 0.4) is 0 Å². The molecule has 0 fully saturated rings. The molecule has 1 aromatic carbocycles. The van der Waals surface area contributed by atoms with Crippen LogP contribution in [-0.2, 0) is 4.74 Å². The van der Waals surface area contributed by atoms with Gasteiger partial charge in [0.25, 0.3) is 0 Å². The van der Waals surface area contributed by atoms with Crippen molar-refractivity contribution < 1.29 is 9.57 Å². The molecular weight excluding hydrogens is 166 g/mol. The monoisotopic (exact) mass is 181 g/mol. The number of hydroxylamine groups is 1. The summed E-state index contributed by atoms with van der Waals surface area (Å²) in [4.78, 5) is 5.22. The smallest absolute Gasteiger partial charge is 0.147 e. The molecule has 0 aromatic heterocycles. The molecule has 72 valence electrons. The Morgan fingerprint density at radius 3 is 2.69 bits per heavy atom. The van der Waals surface area contributed by atoms with Crippen LogP contribution >= 0.6 is 0 Å². The second-order valence-electron chi connectivity index (χ2n) is 2.51. The van der Waals surface area contributed by atoms with Crippen molar-refractivity contribution in [3.8, 4) is 5.75 Å². The van der Waals surface area contributed by atoms with Gasteiger partial charge < -0.3 is 9.57 Å². The number of ether oxygens (including phenoxy) is 1. The Bertz CT molecular complexity index is 213. The minimum atomic E-state index is 0.670. The first-order valence-corrected chi connectivity index (χ1v) is 4.46. The van der Waals surface area contributed by atoms with Crippen molar-refractivity contribution in [1.29, 1.82) is 0 Å². The van der Waals surface area contributed by atoms with Crippen molar-refractivity contribution in [3.05, 3.63) is 30.3 Å². The summed E-state index contributed by atoms with van der Waals surface area (Å²) in [5.41, 5.74) is 2.81. The third-order valence-electron chi connectivity index (χ3n) is 1.49. The van der Waals surface area contributed by atoms with E-state index in [1.807, 2.05) is 37.3 Å². The van der Waals surface area contributed by atoms with E-state index in [0.717, 1.165) is 12.4 Å². The van der Waals surface area contributed by atoms with Gasteiger partial charge in [-0.25, -0.2) is 0 Å². The number of hydrogen-bond acceptors (Lipinski definition) is 3. The minimum Gasteiger partial charge on any atom is -0.409 e. The lowest BCUT2D eigenvalue weighted by atomic mass is 10.3. The van der Waals surface area contributed by atoms with Crippen LogP contribution in [0.25, 0.3) is 0 Å². The van der Waals surface area contributed by atoms with E-state index in [1.54, 1.807) is 0 Å². The number of benzene rings is 1. The molecule has 0 spiro atoms. The Labute approximate surface area is 78.6 Å². The standard InChI is InChI=1S/C10H15NO2/c1-2-12-9-8-11-13-10-6-4-3-5-7-10/h3-7,11H,2,8-9H2,1H3. The van der Waals surface area contributed by atoms with Gasteiger partial charge in [0.05, 0.1) is 13.2 Å². The first kappa shape index (κ1) is 10.0. The van der Waals surface area contributed by atoms with Crippen LogP contribution in [0.5, 0.6) is 5.75 Å². The van der Waals surface area contributed by atoms with Gasteiger partial charge in [-0.05, 0) is 19.1 Å². The van der Waals surface area contributed by atoms with E-state index in [1.165, 1.54) is 0 Å². The Morgan fingerprint density at radius 1 is 1.23 bits per heavy atom. The summed E-state index contributed by atoms with van der Waals surface area (Å²) in [5, 5.41) is 0. The summed E-state index contributed by atoms with van der Waals surface area (Å²) in [6.07, 6.45) is 0. The third kappa shape index (κ3) is 4.50. The minimum absolute atomic E-state index is 0.670. The molecule has 0 aliphatic heterocycles. The molecule has 0 saturated carbocycles. The molecule has 0 saturated heterocycles. The highest BCUT2D eigenvalue weighted by Gasteiger charge is 1.89. The Morgan fingerprint density at radius 2 is 2.00 bits per heavy atom. The highest BCUT2D eigenvalue weighted by molar-refractivity contribution is 5.20. The van der Waals surface area contributed by atoms with Crippen LogP contribution in [0.4, 0.5) is 0 Å². The van der Waals surface area contributed by atoms with E-state index in [0.29, 0.717) is 13.2 Å². The highest BCUT2D eigenvalue weighted by Crippen LogP contribution is 2.05. The lowest BCUT2D eigenvalue weighted by Gasteiger charge is -2.06. The van der Waals surface area contributed by atoms with E-state index < -0.39 is 0 Å². The second kappa shape index (κ2) is 6.46. The molecule has 0 aliphatic carbocycles. The van der Waals surface area contributed by atoms with E-state index in [-0.39, 0.29) is 0 Å². The van der Waals surface area contributed by atoms with Crippen molar-refractivity contribution in [1.82, 2.24) is 5.48 Å². The SMILES string of the molecule is CCOCCNOc1ccccc1. The average Bonchev–Trinajstić information content (AvgIpc) is 2.19. The first-order valence-electron chi connectivity index (χ1n) is 4.46. The van der Waals surface area contributed by atoms with Gasteiger partial charge >= 0.3 is 0 Å². The van der Waals surface area contributed by atoms with Gasteiger partial charge in [-0.2, -0.15) is 5.48 Å². The zero-order valence-electron chi connectivity index (χ0n) is 7.82. The average molecular weight is 181 g/mol. The number of nitrogens with one attached hydrogen (secondary N) is 1. The van der Waals surface area contributed by atoms with Gasteiger partial charge in [-0.1, -0.05) is 18.2 Å². The maximum Gasteiger partial charge on any atom is 0.147 e. The van der Waals surface area contributed by atoms with E-state index in [9.17, 15) is 0 Å². The van der Waals surface area contributed by atoms with E-state index in [2.05, 4.69) is 5.48 Å². The molecule has 0 heterocycles. The van der Waals surface area contributed by atoms with Crippen molar-refractivity contribution in [2.24, 2.45) is 0 Å². The Hall–Kier alpha value is -1.06. The van der Waals surface area contributed by atoms with Gasteiger partial charge in [0, 0.05) is 6.61 Å². The molecule has 1 N–H and O–H groups in total. The predicted molar refractivity (Wildman–Crippen MR) is 51.6 cm³/mol. The zero-order chi connectivity index (χ0) is 9.36. The highest BCUT2D eigenvalue weighted by atomic mass is 16.6. The second-order valence-corrected chi connectivity index (χ2v) is 2.51. The molecule has 1 rings (SSSR count). The molecule has 13 heavy (non-hydrogen) atoms. The van der Waals surface area contributed by atoms with Crippen LogP contribution in [0.15, 0.2) is 30.3 Å². The molecule has 1 aromatic rings. The Balaban J connectivity index is 2.07. The maximum atomic E-state index is 5.22. The van der Waals surface area contributed by atoms with Crippen LogP contribution in [-0.4, -0.2) is 19.8 Å².